The average molecular weight is 384 g/mol. The standard InChI is InChI=1S/C18H20N6O4/c1-11-20-16(27-22-11)10-26-15-6-5-13(8-19-15)18(25)24-7-3-4-14(9-24)17-21-12(2)23-28-17/h5-6,8,14H,3-4,7,9-10H2,1-2H3. The van der Waals surface area contributed by atoms with Gasteiger partial charge in [-0.05, 0) is 32.8 Å². The van der Waals surface area contributed by atoms with Crippen molar-refractivity contribution in [1.29, 1.82) is 0 Å². The van der Waals surface area contributed by atoms with Crippen LogP contribution < -0.4 is 4.74 Å². The lowest BCUT2D eigenvalue weighted by atomic mass is 9.97. The second-order valence-corrected chi connectivity index (χ2v) is 6.68. The van der Waals surface area contributed by atoms with E-state index in [1.165, 1.54) is 6.20 Å². The highest BCUT2D eigenvalue weighted by molar-refractivity contribution is 5.94. The van der Waals surface area contributed by atoms with Crippen molar-refractivity contribution in [2.24, 2.45) is 0 Å². The Hall–Kier alpha value is -3.30. The van der Waals surface area contributed by atoms with Crippen molar-refractivity contribution < 1.29 is 18.6 Å². The zero-order valence-electron chi connectivity index (χ0n) is 15.7. The maximum Gasteiger partial charge on any atom is 0.264 e. The molecule has 146 valence electrons. The van der Waals surface area contributed by atoms with Gasteiger partial charge in [-0.3, -0.25) is 4.79 Å². The average Bonchev–Trinajstić information content (AvgIpc) is 3.34. The number of nitrogens with zero attached hydrogens (tertiary/aromatic N) is 6. The minimum absolute atomic E-state index is 0.0623. The molecule has 1 amide bonds. The number of carbonyl (C=O) groups excluding carboxylic acids is 1. The molecule has 10 nitrogen and oxygen atoms in total. The summed E-state index contributed by atoms with van der Waals surface area (Å²) in [6.45, 7) is 4.88. The summed E-state index contributed by atoms with van der Waals surface area (Å²) < 4.78 is 15.8. The van der Waals surface area contributed by atoms with Crippen molar-refractivity contribution in [1.82, 2.24) is 30.2 Å². The Balaban J connectivity index is 1.37. The molecule has 1 fully saturated rings. The van der Waals surface area contributed by atoms with E-state index in [0.717, 1.165) is 12.8 Å². The first-order valence-corrected chi connectivity index (χ1v) is 9.06. The van der Waals surface area contributed by atoms with Gasteiger partial charge in [-0.1, -0.05) is 10.3 Å². The zero-order valence-corrected chi connectivity index (χ0v) is 15.7. The predicted molar refractivity (Wildman–Crippen MR) is 94.5 cm³/mol. The number of aromatic nitrogens is 5. The van der Waals surface area contributed by atoms with Crippen LogP contribution in [0, 0.1) is 13.8 Å². The fourth-order valence-electron chi connectivity index (χ4n) is 3.15. The highest BCUT2D eigenvalue weighted by atomic mass is 16.5. The Morgan fingerprint density at radius 3 is 2.71 bits per heavy atom. The van der Waals surface area contributed by atoms with E-state index in [4.69, 9.17) is 13.8 Å². The van der Waals surface area contributed by atoms with Gasteiger partial charge in [0.15, 0.2) is 18.3 Å². The molecule has 4 heterocycles. The molecule has 1 aliphatic heterocycles. The summed E-state index contributed by atoms with van der Waals surface area (Å²) in [5, 5.41) is 7.54. The molecule has 10 heteroatoms. The normalized spacial score (nSPS) is 16.9. The van der Waals surface area contributed by atoms with Crippen LogP contribution in [0.15, 0.2) is 27.4 Å². The molecular formula is C18H20N6O4. The molecule has 4 rings (SSSR count). The van der Waals surface area contributed by atoms with Crippen molar-refractivity contribution in [3.8, 4) is 5.88 Å². The smallest absolute Gasteiger partial charge is 0.264 e. The summed E-state index contributed by atoms with van der Waals surface area (Å²) in [5.74, 6) is 2.48. The Morgan fingerprint density at radius 1 is 1.21 bits per heavy atom. The van der Waals surface area contributed by atoms with Gasteiger partial charge in [0.05, 0.1) is 11.5 Å². The minimum atomic E-state index is -0.0764. The van der Waals surface area contributed by atoms with Gasteiger partial charge in [-0.25, -0.2) is 4.98 Å². The van der Waals surface area contributed by atoms with Crippen LogP contribution in [0.3, 0.4) is 0 Å². The minimum Gasteiger partial charge on any atom is -0.468 e. The maximum absolute atomic E-state index is 12.8. The van der Waals surface area contributed by atoms with Crippen LogP contribution >= 0.6 is 0 Å². The van der Waals surface area contributed by atoms with Gasteiger partial charge in [-0.2, -0.15) is 9.97 Å². The van der Waals surface area contributed by atoms with E-state index in [2.05, 4.69) is 25.3 Å². The number of hydrogen-bond acceptors (Lipinski definition) is 9. The van der Waals surface area contributed by atoms with E-state index in [0.29, 0.717) is 48.0 Å². The lowest BCUT2D eigenvalue weighted by Crippen LogP contribution is -2.39. The predicted octanol–water partition coefficient (Wildman–Crippen LogP) is 2.06. The molecular weight excluding hydrogens is 364 g/mol. The molecule has 1 unspecified atom stereocenters. The van der Waals surface area contributed by atoms with Crippen molar-refractivity contribution in [3.05, 3.63) is 47.3 Å². The number of hydrogen-bond donors (Lipinski definition) is 0. The van der Waals surface area contributed by atoms with E-state index >= 15 is 0 Å². The molecule has 3 aromatic heterocycles. The molecule has 1 saturated heterocycles. The maximum atomic E-state index is 12.8. The first kappa shape index (κ1) is 18.1. The highest BCUT2D eigenvalue weighted by Gasteiger charge is 2.29. The zero-order chi connectivity index (χ0) is 19.5. The largest absolute Gasteiger partial charge is 0.468 e. The van der Waals surface area contributed by atoms with Crippen molar-refractivity contribution >= 4 is 5.91 Å². The van der Waals surface area contributed by atoms with Gasteiger partial charge >= 0.3 is 0 Å². The van der Waals surface area contributed by atoms with Crippen molar-refractivity contribution in [3.63, 3.8) is 0 Å². The summed E-state index contributed by atoms with van der Waals surface area (Å²) in [5.41, 5.74) is 0.503. The molecule has 3 aromatic rings. The molecule has 0 aliphatic carbocycles. The van der Waals surface area contributed by atoms with E-state index in [1.54, 1.807) is 30.9 Å². The van der Waals surface area contributed by atoms with Gasteiger partial charge in [0.1, 0.15) is 0 Å². The SMILES string of the molecule is Cc1noc(COc2ccc(C(=O)N3CCCC(c4nc(C)no4)C3)cn2)n1. The number of rotatable bonds is 5. The van der Waals surface area contributed by atoms with Crippen molar-refractivity contribution in [2.75, 3.05) is 13.1 Å². The first-order chi connectivity index (χ1) is 13.6. The van der Waals surface area contributed by atoms with Gasteiger partial charge in [0.2, 0.25) is 11.8 Å². The molecule has 0 aromatic carbocycles. The third-order valence-corrected chi connectivity index (χ3v) is 4.50. The van der Waals surface area contributed by atoms with E-state index < -0.39 is 0 Å². The number of aryl methyl sites for hydroxylation is 2. The monoisotopic (exact) mass is 384 g/mol. The van der Waals surface area contributed by atoms with Crippen LogP contribution in [0.5, 0.6) is 5.88 Å². The van der Waals surface area contributed by atoms with Crippen LogP contribution in [0.25, 0.3) is 0 Å². The molecule has 28 heavy (non-hydrogen) atoms. The number of ether oxygens (including phenoxy) is 1. The van der Waals surface area contributed by atoms with Crippen molar-refractivity contribution in [2.45, 2.75) is 39.2 Å². The van der Waals surface area contributed by atoms with Crippen LogP contribution in [-0.2, 0) is 6.61 Å². The number of piperidine rings is 1. The Morgan fingerprint density at radius 2 is 2.04 bits per heavy atom. The summed E-state index contributed by atoms with van der Waals surface area (Å²) in [4.78, 5) is 27.2. The summed E-state index contributed by atoms with van der Waals surface area (Å²) in [6.07, 6.45) is 3.32. The summed E-state index contributed by atoms with van der Waals surface area (Å²) in [6, 6.07) is 3.35. The second kappa shape index (κ2) is 7.75. The Bertz CT molecular complexity index is 951. The number of likely N-dealkylation sites (tertiary alicyclic amines) is 1. The Labute approximate surface area is 160 Å². The second-order valence-electron chi connectivity index (χ2n) is 6.68. The lowest BCUT2D eigenvalue weighted by molar-refractivity contribution is 0.0695. The molecule has 1 atom stereocenters. The van der Waals surface area contributed by atoms with Gasteiger partial charge in [0.25, 0.3) is 11.8 Å². The van der Waals surface area contributed by atoms with Crippen LogP contribution in [0.2, 0.25) is 0 Å². The molecule has 0 bridgehead atoms. The molecule has 0 saturated carbocycles. The molecule has 0 radical (unpaired) electrons. The molecule has 1 aliphatic rings. The molecule has 0 spiro atoms. The van der Waals surface area contributed by atoms with Crippen LogP contribution in [0.1, 0.15) is 52.5 Å². The number of pyridine rings is 1. The van der Waals surface area contributed by atoms with Crippen LogP contribution in [-0.4, -0.2) is 49.2 Å². The number of carbonyl (C=O) groups is 1. The molecule has 0 N–H and O–H groups in total. The van der Waals surface area contributed by atoms with Gasteiger partial charge < -0.3 is 18.7 Å². The topological polar surface area (TPSA) is 120 Å². The first-order valence-electron chi connectivity index (χ1n) is 9.06. The fraction of sp³-hybridized carbons (Fsp3) is 0.444. The number of amides is 1. The van der Waals surface area contributed by atoms with E-state index in [9.17, 15) is 4.79 Å². The highest BCUT2D eigenvalue weighted by Crippen LogP contribution is 2.26. The van der Waals surface area contributed by atoms with Gasteiger partial charge in [0, 0.05) is 25.4 Å². The van der Waals surface area contributed by atoms with Crippen LogP contribution in [0.4, 0.5) is 0 Å². The van der Waals surface area contributed by atoms with Gasteiger partial charge in [-0.15, -0.1) is 0 Å². The lowest BCUT2D eigenvalue weighted by Gasteiger charge is -2.31. The quantitative estimate of drug-likeness (QED) is 0.650. The third kappa shape index (κ3) is 4.00. The third-order valence-electron chi connectivity index (χ3n) is 4.50. The Kier molecular flexibility index (Phi) is 5.00. The van der Waals surface area contributed by atoms with E-state index in [-0.39, 0.29) is 18.4 Å². The summed E-state index contributed by atoms with van der Waals surface area (Å²) >= 11 is 0. The van der Waals surface area contributed by atoms with E-state index in [1.807, 2.05) is 0 Å². The summed E-state index contributed by atoms with van der Waals surface area (Å²) in [7, 11) is 0. The fourth-order valence-corrected chi connectivity index (χ4v) is 3.15.